The maximum absolute atomic E-state index is 11.6. The summed E-state index contributed by atoms with van der Waals surface area (Å²) in [6.45, 7) is 0. The van der Waals surface area contributed by atoms with Crippen molar-refractivity contribution in [1.82, 2.24) is 0 Å². The van der Waals surface area contributed by atoms with Crippen LogP contribution < -0.4 is 3.27 Å². The van der Waals surface area contributed by atoms with Crippen LogP contribution in [0.1, 0.15) is 64.2 Å². The van der Waals surface area contributed by atoms with Gasteiger partial charge in [0, 0.05) is 0 Å². The van der Waals surface area contributed by atoms with Crippen LogP contribution in [0.4, 0.5) is 0 Å². The maximum atomic E-state index is 11.6. The van der Waals surface area contributed by atoms with E-state index in [1.54, 1.807) is 0 Å². The van der Waals surface area contributed by atoms with E-state index < -0.39 is 20.7 Å². The minimum absolute atomic E-state index is 0.0642. The molecule has 0 heterocycles. The van der Waals surface area contributed by atoms with Gasteiger partial charge < -0.3 is 0 Å². The molecule has 0 atom stereocenters. The Hall–Kier alpha value is 0.163. The predicted molar refractivity (Wildman–Crippen MR) is 95.6 cm³/mol. The average Bonchev–Trinajstić information content (AvgIpc) is 2.62. The second kappa shape index (κ2) is 8.32. The number of rotatable bonds is 5. The molecular weight excluding hydrogens is 488 g/mol. The molecule has 0 bridgehead atoms. The van der Waals surface area contributed by atoms with Gasteiger partial charge in [-0.05, 0) is 0 Å². The quantitative estimate of drug-likeness (QED) is 0.384. The summed E-state index contributed by atoms with van der Waals surface area (Å²) in [6, 6.07) is 11.0. The Morgan fingerprint density at radius 3 is 1.77 bits per heavy atom. The van der Waals surface area contributed by atoms with Crippen molar-refractivity contribution in [2.45, 2.75) is 71.5 Å². The van der Waals surface area contributed by atoms with Gasteiger partial charge in [0.05, 0.1) is 0 Å². The Bertz CT molecular complexity index is 449. The molecule has 3 rings (SSSR count). The molecule has 1 aromatic rings. The molecule has 0 aliphatic heterocycles. The molecule has 0 spiro atoms. The molecule has 0 radical (unpaired) electrons. The third-order valence-corrected chi connectivity index (χ3v) is 29.3. The van der Waals surface area contributed by atoms with Crippen molar-refractivity contribution in [1.29, 1.82) is 0 Å². The zero-order valence-corrected chi connectivity index (χ0v) is 18.2. The van der Waals surface area contributed by atoms with E-state index >= 15 is 0 Å². The van der Waals surface area contributed by atoms with Gasteiger partial charge in [-0.15, -0.1) is 0 Å². The van der Waals surface area contributed by atoms with Crippen molar-refractivity contribution in [3.8, 4) is 0 Å². The molecule has 0 aromatic heterocycles. The summed E-state index contributed by atoms with van der Waals surface area (Å²) in [5, 5.41) is 0. The average molecular weight is 516 g/mol. The van der Waals surface area contributed by atoms with Gasteiger partial charge in [-0.1, -0.05) is 0 Å². The Balaban J connectivity index is 2.02. The third kappa shape index (κ3) is 3.47. The van der Waals surface area contributed by atoms with Crippen molar-refractivity contribution in [2.24, 2.45) is 0 Å². The van der Waals surface area contributed by atoms with E-state index in [2.05, 4.69) is 30.3 Å². The topological polar surface area (TPSA) is 26.3 Å². The predicted octanol–water partition coefficient (Wildman–Crippen LogP) is 5.46. The number of hydrogen-bond acceptors (Lipinski definition) is 2. The Kier molecular flexibility index (Phi) is 6.43. The molecule has 22 heavy (non-hydrogen) atoms. The van der Waals surface area contributed by atoms with E-state index in [0.29, 0.717) is 0 Å². The first-order valence-corrected chi connectivity index (χ1v) is 17.7. The van der Waals surface area contributed by atoms with E-state index in [1.807, 2.05) is 0 Å². The molecule has 2 fully saturated rings. The minimum atomic E-state index is -3.31. The molecule has 2 aliphatic rings. The zero-order chi connectivity index (χ0) is 15.3. The van der Waals surface area contributed by atoms with E-state index in [1.165, 1.54) is 67.5 Å². The van der Waals surface area contributed by atoms with Crippen LogP contribution in [0.2, 0.25) is 7.25 Å². The van der Waals surface area contributed by atoms with Crippen LogP contribution >= 0.6 is 8.69 Å². The molecule has 1 aromatic carbocycles. The van der Waals surface area contributed by atoms with Crippen LogP contribution in [-0.4, -0.2) is 20.7 Å². The molecule has 4 heteroatoms. The summed E-state index contributed by atoms with van der Waals surface area (Å²) in [5.74, 6) is 0. The van der Waals surface area contributed by atoms with E-state index in [4.69, 9.17) is 2.60 Å². The molecular formula is C18H28BiO2P. The van der Waals surface area contributed by atoms with Gasteiger partial charge in [0.2, 0.25) is 0 Å². The molecule has 2 saturated carbocycles. The van der Waals surface area contributed by atoms with Crippen molar-refractivity contribution in [2.75, 3.05) is 0 Å². The molecule has 0 unspecified atom stereocenters. The van der Waals surface area contributed by atoms with Gasteiger partial charge >= 0.3 is 142 Å². The first-order valence-electron chi connectivity index (χ1n) is 8.94. The Morgan fingerprint density at radius 2 is 1.32 bits per heavy atom. The summed E-state index contributed by atoms with van der Waals surface area (Å²) in [4.78, 5) is 0. The number of hydrogen-bond donors (Lipinski definition) is 0. The second-order valence-corrected chi connectivity index (χ2v) is 24.2. The van der Waals surface area contributed by atoms with Gasteiger partial charge in [-0.2, -0.15) is 0 Å². The normalized spacial score (nSPS) is 22.7. The van der Waals surface area contributed by atoms with Gasteiger partial charge in [0.25, 0.3) is 0 Å². The standard InChI is InChI=1S/2C6H11.C6H5.Bi.HO2P.H/c3*1-2-4-6-5-3-1;;1-3-2;/h2*1H,2-6H2;1-5H;;(H,1,2);/q;;;+1;;/p-1. The van der Waals surface area contributed by atoms with E-state index in [0.717, 1.165) is 7.25 Å². The van der Waals surface area contributed by atoms with Crippen LogP contribution in [-0.2, 0) is 7.17 Å². The Morgan fingerprint density at radius 1 is 0.818 bits per heavy atom. The third-order valence-electron chi connectivity index (χ3n) is 5.84. The SMILES string of the molecule is O=P[O][BiH]([c]1ccccc1)([CH]1CCCCC1)[CH]1CCCCC1. The van der Waals surface area contributed by atoms with Gasteiger partial charge in [-0.3, -0.25) is 0 Å². The first-order chi connectivity index (χ1) is 10.9. The van der Waals surface area contributed by atoms with Crippen LogP contribution in [0.15, 0.2) is 30.3 Å². The first kappa shape index (κ1) is 17.0. The summed E-state index contributed by atoms with van der Waals surface area (Å²) < 4.78 is 20.9. The summed E-state index contributed by atoms with van der Waals surface area (Å²) in [7, 11) is -0.0642. The molecule has 122 valence electrons. The summed E-state index contributed by atoms with van der Waals surface area (Å²) >= 11 is -3.31. The molecule has 2 aliphatic carbocycles. The summed E-state index contributed by atoms with van der Waals surface area (Å²) in [5.41, 5.74) is 0. The van der Waals surface area contributed by atoms with Crippen molar-refractivity contribution >= 4 is 32.7 Å². The molecule has 0 saturated heterocycles. The van der Waals surface area contributed by atoms with Crippen LogP contribution in [0.3, 0.4) is 0 Å². The Labute approximate surface area is 141 Å². The van der Waals surface area contributed by atoms with Gasteiger partial charge in [-0.25, -0.2) is 0 Å². The second-order valence-electron chi connectivity index (χ2n) is 6.99. The molecule has 2 nitrogen and oxygen atoms in total. The van der Waals surface area contributed by atoms with Crippen LogP contribution in [0, 0.1) is 0 Å². The molecule has 0 N–H and O–H groups in total. The van der Waals surface area contributed by atoms with Crippen molar-refractivity contribution in [3.63, 3.8) is 0 Å². The van der Waals surface area contributed by atoms with E-state index in [-0.39, 0.29) is 8.69 Å². The summed E-state index contributed by atoms with van der Waals surface area (Å²) in [6.07, 6.45) is 13.3. The van der Waals surface area contributed by atoms with Crippen LogP contribution in [0.5, 0.6) is 0 Å². The zero-order valence-electron chi connectivity index (χ0n) is 13.4. The van der Waals surface area contributed by atoms with E-state index in [9.17, 15) is 4.57 Å². The monoisotopic (exact) mass is 516 g/mol. The fraction of sp³-hybridized carbons (Fsp3) is 0.667. The van der Waals surface area contributed by atoms with Crippen molar-refractivity contribution < 1.29 is 7.17 Å². The number of benzene rings is 1. The van der Waals surface area contributed by atoms with Crippen LogP contribution in [0.25, 0.3) is 0 Å². The molecule has 0 amide bonds. The fourth-order valence-corrected chi connectivity index (χ4v) is 30.4. The fourth-order valence-electron chi connectivity index (χ4n) is 4.83. The van der Waals surface area contributed by atoms with Crippen molar-refractivity contribution in [3.05, 3.63) is 30.3 Å². The van der Waals surface area contributed by atoms with Gasteiger partial charge in [0.1, 0.15) is 0 Å². The van der Waals surface area contributed by atoms with Gasteiger partial charge in [0.15, 0.2) is 0 Å².